The molecule has 0 aliphatic heterocycles. The van der Waals surface area contributed by atoms with E-state index in [4.69, 9.17) is 0 Å². The van der Waals surface area contributed by atoms with Gasteiger partial charge >= 0.3 is 0 Å². The number of rotatable bonds is 8. The van der Waals surface area contributed by atoms with Crippen LogP contribution in [0.2, 0.25) is 0 Å². The van der Waals surface area contributed by atoms with Gasteiger partial charge in [-0.2, -0.15) is 0 Å². The molecular formula is C14H26O. The van der Waals surface area contributed by atoms with E-state index in [0.29, 0.717) is 0 Å². The van der Waals surface area contributed by atoms with E-state index in [1.165, 1.54) is 31.3 Å². The molecule has 0 aromatic carbocycles. The highest BCUT2D eigenvalue weighted by Crippen LogP contribution is 2.16. The Morgan fingerprint density at radius 1 is 1.13 bits per heavy atom. The molecule has 1 heteroatoms. The lowest BCUT2D eigenvalue weighted by atomic mass is 9.95. The number of carbonyl (C=O) groups is 1. The van der Waals surface area contributed by atoms with Crippen molar-refractivity contribution < 1.29 is 4.79 Å². The molecule has 0 N–H and O–H groups in total. The summed E-state index contributed by atoms with van der Waals surface area (Å²) in [4.78, 5) is 10.4. The van der Waals surface area contributed by atoms with Crippen molar-refractivity contribution in [2.24, 2.45) is 11.8 Å². The first-order valence-corrected chi connectivity index (χ1v) is 6.15. The lowest BCUT2D eigenvalue weighted by Gasteiger charge is -2.10. The fraction of sp³-hybridized carbons (Fsp3) is 0.786. The van der Waals surface area contributed by atoms with Crippen LogP contribution in [0.15, 0.2) is 11.6 Å². The first-order chi connectivity index (χ1) is 7.06. The topological polar surface area (TPSA) is 17.1 Å². The Labute approximate surface area is 95.0 Å². The third kappa shape index (κ3) is 9.71. The van der Waals surface area contributed by atoms with E-state index >= 15 is 0 Å². The van der Waals surface area contributed by atoms with Gasteiger partial charge in [0.2, 0.25) is 0 Å². The first-order valence-electron chi connectivity index (χ1n) is 6.15. The Morgan fingerprint density at radius 2 is 1.80 bits per heavy atom. The van der Waals surface area contributed by atoms with Crippen molar-refractivity contribution in [3.05, 3.63) is 11.6 Å². The van der Waals surface area contributed by atoms with Crippen LogP contribution in [-0.4, -0.2) is 6.29 Å². The molecule has 0 rings (SSSR count). The van der Waals surface area contributed by atoms with Gasteiger partial charge in [0.15, 0.2) is 0 Å². The van der Waals surface area contributed by atoms with Crippen molar-refractivity contribution in [3.63, 3.8) is 0 Å². The van der Waals surface area contributed by atoms with Gasteiger partial charge in [0, 0.05) is 5.92 Å². The van der Waals surface area contributed by atoms with Crippen molar-refractivity contribution in [2.75, 3.05) is 0 Å². The maximum atomic E-state index is 10.4. The molecule has 0 fully saturated rings. The van der Waals surface area contributed by atoms with Gasteiger partial charge < -0.3 is 4.79 Å². The predicted molar refractivity (Wildman–Crippen MR) is 66.9 cm³/mol. The zero-order chi connectivity index (χ0) is 11.7. The van der Waals surface area contributed by atoms with Gasteiger partial charge in [-0.15, -0.1) is 0 Å². The summed E-state index contributed by atoms with van der Waals surface area (Å²) in [6, 6.07) is 0. The van der Waals surface area contributed by atoms with E-state index in [2.05, 4.69) is 26.8 Å². The molecule has 15 heavy (non-hydrogen) atoms. The highest BCUT2D eigenvalue weighted by molar-refractivity contribution is 5.52. The highest BCUT2D eigenvalue weighted by atomic mass is 16.1. The zero-order valence-electron chi connectivity index (χ0n) is 10.8. The monoisotopic (exact) mass is 210 g/mol. The molecule has 0 bridgehead atoms. The molecule has 0 aromatic heterocycles. The zero-order valence-corrected chi connectivity index (χ0v) is 10.8. The SMILES string of the molecule is CC(C)=CCC[C@@H](C)CCC[C@H](C)C=O. The van der Waals surface area contributed by atoms with Gasteiger partial charge in [0.1, 0.15) is 6.29 Å². The fourth-order valence-corrected chi connectivity index (χ4v) is 1.66. The maximum Gasteiger partial charge on any atom is 0.122 e. The molecule has 88 valence electrons. The molecule has 2 atom stereocenters. The summed E-state index contributed by atoms with van der Waals surface area (Å²) in [6.45, 7) is 8.61. The third-order valence-corrected chi connectivity index (χ3v) is 2.80. The molecule has 0 saturated heterocycles. The quantitative estimate of drug-likeness (QED) is 0.429. The summed E-state index contributed by atoms with van der Waals surface area (Å²) in [5.74, 6) is 1.04. The first kappa shape index (κ1) is 14.4. The molecule has 0 saturated carbocycles. The van der Waals surface area contributed by atoms with Crippen molar-refractivity contribution in [2.45, 2.75) is 59.8 Å². The maximum absolute atomic E-state index is 10.4. The van der Waals surface area contributed by atoms with Crippen LogP contribution in [0.1, 0.15) is 59.8 Å². The Hall–Kier alpha value is -0.590. The van der Waals surface area contributed by atoms with Crippen LogP contribution in [-0.2, 0) is 4.79 Å². The van der Waals surface area contributed by atoms with Crippen LogP contribution >= 0.6 is 0 Å². The summed E-state index contributed by atoms with van der Waals surface area (Å²) >= 11 is 0. The number of allylic oxidation sites excluding steroid dienone is 2. The molecular weight excluding hydrogens is 184 g/mol. The summed E-state index contributed by atoms with van der Waals surface area (Å²) in [5, 5.41) is 0. The summed E-state index contributed by atoms with van der Waals surface area (Å²) in [6.07, 6.45) is 9.35. The van der Waals surface area contributed by atoms with Crippen molar-refractivity contribution in [1.29, 1.82) is 0 Å². The lowest BCUT2D eigenvalue weighted by Crippen LogP contribution is -1.99. The average molecular weight is 210 g/mol. The molecule has 0 aromatic rings. The van der Waals surface area contributed by atoms with Gasteiger partial charge in [0.05, 0.1) is 0 Å². The summed E-state index contributed by atoms with van der Waals surface area (Å²) < 4.78 is 0. The number of hydrogen-bond acceptors (Lipinski definition) is 1. The highest BCUT2D eigenvalue weighted by Gasteiger charge is 2.03. The Bertz CT molecular complexity index is 190. The van der Waals surface area contributed by atoms with E-state index in [9.17, 15) is 4.79 Å². The molecule has 0 spiro atoms. The van der Waals surface area contributed by atoms with Gasteiger partial charge in [-0.05, 0) is 39.0 Å². The van der Waals surface area contributed by atoms with E-state index < -0.39 is 0 Å². The summed E-state index contributed by atoms with van der Waals surface area (Å²) in [5.41, 5.74) is 1.41. The number of aldehydes is 1. The van der Waals surface area contributed by atoms with Crippen LogP contribution in [0, 0.1) is 11.8 Å². The fourth-order valence-electron chi connectivity index (χ4n) is 1.66. The van der Waals surface area contributed by atoms with Crippen LogP contribution in [0.5, 0.6) is 0 Å². The second-order valence-corrected chi connectivity index (χ2v) is 5.01. The van der Waals surface area contributed by atoms with Crippen LogP contribution in [0.25, 0.3) is 0 Å². The van der Waals surface area contributed by atoms with E-state index in [1.807, 2.05) is 6.92 Å². The van der Waals surface area contributed by atoms with Crippen molar-refractivity contribution >= 4 is 6.29 Å². The van der Waals surface area contributed by atoms with E-state index in [0.717, 1.165) is 18.6 Å². The van der Waals surface area contributed by atoms with Crippen molar-refractivity contribution in [1.82, 2.24) is 0 Å². The molecule has 0 radical (unpaired) electrons. The minimum atomic E-state index is 0.245. The molecule has 0 unspecified atom stereocenters. The lowest BCUT2D eigenvalue weighted by molar-refractivity contribution is -0.110. The predicted octanol–water partition coefficient (Wildman–Crippen LogP) is 4.37. The Balaban J connectivity index is 3.45. The summed E-state index contributed by atoms with van der Waals surface area (Å²) in [7, 11) is 0. The molecule has 0 heterocycles. The van der Waals surface area contributed by atoms with Gasteiger partial charge in [-0.1, -0.05) is 38.3 Å². The minimum Gasteiger partial charge on any atom is -0.303 e. The van der Waals surface area contributed by atoms with E-state index in [-0.39, 0.29) is 5.92 Å². The van der Waals surface area contributed by atoms with Gasteiger partial charge in [-0.3, -0.25) is 0 Å². The molecule has 0 amide bonds. The Morgan fingerprint density at radius 3 is 2.33 bits per heavy atom. The van der Waals surface area contributed by atoms with Crippen LogP contribution < -0.4 is 0 Å². The minimum absolute atomic E-state index is 0.245. The smallest absolute Gasteiger partial charge is 0.122 e. The molecule has 0 aliphatic rings. The van der Waals surface area contributed by atoms with Crippen molar-refractivity contribution in [3.8, 4) is 0 Å². The largest absolute Gasteiger partial charge is 0.303 e. The second-order valence-electron chi connectivity index (χ2n) is 5.01. The standard InChI is InChI=1S/C14H26O/c1-12(2)7-5-8-13(3)9-6-10-14(4)11-15/h7,11,13-14H,5-6,8-10H2,1-4H3/t13-,14+/m1/s1. The van der Waals surface area contributed by atoms with Crippen LogP contribution in [0.4, 0.5) is 0 Å². The third-order valence-electron chi connectivity index (χ3n) is 2.80. The molecule has 1 nitrogen and oxygen atoms in total. The normalized spacial score (nSPS) is 14.4. The van der Waals surface area contributed by atoms with Gasteiger partial charge in [-0.25, -0.2) is 0 Å². The van der Waals surface area contributed by atoms with Gasteiger partial charge in [0.25, 0.3) is 0 Å². The molecule has 0 aliphatic carbocycles. The van der Waals surface area contributed by atoms with E-state index in [1.54, 1.807) is 0 Å². The second kappa shape index (κ2) is 8.70. The number of hydrogen-bond donors (Lipinski definition) is 0. The number of carbonyl (C=O) groups excluding carboxylic acids is 1. The Kier molecular flexibility index (Phi) is 8.35. The van der Waals surface area contributed by atoms with Crippen LogP contribution in [0.3, 0.4) is 0 Å². The average Bonchev–Trinajstić information content (AvgIpc) is 2.17.